The van der Waals surface area contributed by atoms with Gasteiger partial charge in [0.25, 0.3) is 0 Å². The molecule has 7 nitrogen and oxygen atoms in total. The number of esters is 1. The maximum atomic E-state index is 13.7. The maximum absolute atomic E-state index is 13.7. The minimum absolute atomic E-state index is 0.0300. The lowest BCUT2D eigenvalue weighted by Crippen LogP contribution is -2.53. The van der Waals surface area contributed by atoms with Gasteiger partial charge >= 0.3 is 12.0 Å². The summed E-state index contributed by atoms with van der Waals surface area (Å²) in [5, 5.41) is 2.77. The van der Waals surface area contributed by atoms with Crippen LogP contribution in [0.2, 0.25) is 5.02 Å². The number of rotatable bonds is 5. The molecule has 0 saturated heterocycles. The first-order valence-electron chi connectivity index (χ1n) is 9.49. The molecule has 156 valence electrons. The zero-order chi connectivity index (χ0) is 21.1. The standard InChI is InChI=1S/C20H24ClFN4O3/c1-4-11(2)16(19(27)29-3)25-20(28)26-8-7-15-17(24-10-23-15)18(26)12-5-6-14(22)13(21)9-12/h5-6,9-11,16,18H,4,7-8H2,1-3H3,(H,23,24)(H,25,28)/t11-,16+,18?/m0/s1. The Morgan fingerprint density at radius 1 is 1.48 bits per heavy atom. The first kappa shape index (κ1) is 21.1. The monoisotopic (exact) mass is 422 g/mol. The minimum atomic E-state index is -0.768. The van der Waals surface area contributed by atoms with Crippen molar-refractivity contribution < 1.29 is 18.7 Å². The number of hydrogen-bond acceptors (Lipinski definition) is 4. The second kappa shape index (κ2) is 8.82. The molecule has 0 aliphatic carbocycles. The van der Waals surface area contributed by atoms with E-state index in [0.717, 1.165) is 5.69 Å². The zero-order valence-electron chi connectivity index (χ0n) is 16.5. The first-order chi connectivity index (χ1) is 13.9. The summed E-state index contributed by atoms with van der Waals surface area (Å²) in [4.78, 5) is 34.4. The Morgan fingerprint density at radius 2 is 2.24 bits per heavy atom. The third kappa shape index (κ3) is 4.22. The zero-order valence-corrected chi connectivity index (χ0v) is 17.3. The van der Waals surface area contributed by atoms with Crippen LogP contribution in [0.5, 0.6) is 0 Å². The molecule has 1 aromatic heterocycles. The fraction of sp³-hybridized carbons (Fsp3) is 0.450. The number of hydrogen-bond donors (Lipinski definition) is 2. The molecular formula is C20H24ClFN4O3. The number of fused-ring (bicyclic) bond motifs is 1. The Hall–Kier alpha value is -2.61. The van der Waals surface area contributed by atoms with Gasteiger partial charge in [0.2, 0.25) is 0 Å². The molecule has 1 aliphatic rings. The number of ether oxygens (including phenoxy) is 1. The number of halogens is 2. The van der Waals surface area contributed by atoms with Gasteiger partial charge in [-0.2, -0.15) is 0 Å². The summed E-state index contributed by atoms with van der Waals surface area (Å²) < 4.78 is 18.5. The number of aromatic amines is 1. The van der Waals surface area contributed by atoms with Crippen LogP contribution < -0.4 is 5.32 Å². The molecular weight excluding hydrogens is 399 g/mol. The highest BCUT2D eigenvalue weighted by Crippen LogP contribution is 2.35. The molecule has 3 rings (SSSR count). The summed E-state index contributed by atoms with van der Waals surface area (Å²) >= 11 is 5.98. The van der Waals surface area contributed by atoms with Crippen LogP contribution in [-0.2, 0) is 16.0 Å². The van der Waals surface area contributed by atoms with Gasteiger partial charge in [-0.25, -0.2) is 19.0 Å². The van der Waals surface area contributed by atoms with Crippen LogP contribution >= 0.6 is 11.6 Å². The number of urea groups is 1. The molecule has 1 unspecified atom stereocenters. The number of carbonyl (C=O) groups excluding carboxylic acids is 2. The number of benzene rings is 1. The van der Waals surface area contributed by atoms with Crippen LogP contribution in [0.1, 0.15) is 43.3 Å². The van der Waals surface area contributed by atoms with Crippen LogP contribution in [0.3, 0.4) is 0 Å². The van der Waals surface area contributed by atoms with Crippen LogP contribution in [0.15, 0.2) is 24.5 Å². The average molecular weight is 423 g/mol. The molecule has 0 radical (unpaired) electrons. The van der Waals surface area contributed by atoms with E-state index in [9.17, 15) is 14.0 Å². The quantitative estimate of drug-likeness (QED) is 0.722. The predicted molar refractivity (Wildman–Crippen MR) is 106 cm³/mol. The molecule has 2 N–H and O–H groups in total. The smallest absolute Gasteiger partial charge is 0.328 e. The summed E-state index contributed by atoms with van der Waals surface area (Å²) in [6, 6.07) is 2.61. The van der Waals surface area contributed by atoms with Crippen molar-refractivity contribution in [2.45, 2.75) is 38.8 Å². The van der Waals surface area contributed by atoms with Crippen LogP contribution in [0.25, 0.3) is 0 Å². The van der Waals surface area contributed by atoms with Gasteiger partial charge in [0.05, 0.1) is 24.2 Å². The number of imidazole rings is 1. The number of nitrogens with zero attached hydrogens (tertiary/aromatic N) is 2. The minimum Gasteiger partial charge on any atom is -0.467 e. The van der Waals surface area contributed by atoms with Gasteiger partial charge in [0, 0.05) is 18.7 Å². The van der Waals surface area contributed by atoms with Crippen LogP contribution in [-0.4, -0.2) is 46.6 Å². The van der Waals surface area contributed by atoms with Crippen molar-refractivity contribution in [1.82, 2.24) is 20.2 Å². The Bertz CT molecular complexity index is 904. The summed E-state index contributed by atoms with van der Waals surface area (Å²) in [6.07, 6.45) is 2.85. The van der Waals surface area contributed by atoms with Crippen LogP contribution in [0.4, 0.5) is 9.18 Å². The second-order valence-electron chi connectivity index (χ2n) is 7.12. The highest BCUT2D eigenvalue weighted by Gasteiger charge is 2.37. The maximum Gasteiger partial charge on any atom is 0.328 e. The fourth-order valence-corrected chi connectivity index (χ4v) is 3.72. The number of carbonyl (C=O) groups is 2. The van der Waals surface area contributed by atoms with Crippen molar-refractivity contribution in [2.24, 2.45) is 5.92 Å². The largest absolute Gasteiger partial charge is 0.467 e. The second-order valence-corrected chi connectivity index (χ2v) is 7.53. The average Bonchev–Trinajstić information content (AvgIpc) is 3.20. The Kier molecular flexibility index (Phi) is 6.42. The lowest BCUT2D eigenvalue weighted by molar-refractivity contribution is -0.144. The Balaban J connectivity index is 1.94. The van der Waals surface area contributed by atoms with Crippen molar-refractivity contribution in [1.29, 1.82) is 0 Å². The van der Waals surface area contributed by atoms with E-state index >= 15 is 0 Å². The number of methoxy groups -OCH3 is 1. The van der Waals surface area contributed by atoms with Gasteiger partial charge < -0.3 is 19.9 Å². The molecule has 0 bridgehead atoms. The molecule has 9 heteroatoms. The number of amides is 2. The SMILES string of the molecule is CC[C@H](C)[C@@H](NC(=O)N1CCc2[nH]cnc2C1c1ccc(F)c(Cl)c1)C(=O)OC. The molecule has 1 aliphatic heterocycles. The molecule has 2 amide bonds. The number of H-pyrrole nitrogens is 1. The molecule has 0 spiro atoms. The summed E-state index contributed by atoms with van der Waals surface area (Å²) in [7, 11) is 1.30. The van der Waals surface area contributed by atoms with Gasteiger partial charge in [-0.1, -0.05) is 37.9 Å². The van der Waals surface area contributed by atoms with Crippen molar-refractivity contribution >= 4 is 23.6 Å². The lowest BCUT2D eigenvalue weighted by Gasteiger charge is -2.36. The summed E-state index contributed by atoms with van der Waals surface area (Å²) in [5.41, 5.74) is 2.22. The van der Waals surface area contributed by atoms with E-state index in [1.54, 1.807) is 17.3 Å². The van der Waals surface area contributed by atoms with Gasteiger partial charge in [-0.3, -0.25) is 0 Å². The molecule has 0 fully saturated rings. The third-order valence-electron chi connectivity index (χ3n) is 5.39. The Morgan fingerprint density at radius 3 is 2.90 bits per heavy atom. The topological polar surface area (TPSA) is 87.3 Å². The van der Waals surface area contributed by atoms with Crippen molar-refractivity contribution in [3.8, 4) is 0 Å². The van der Waals surface area contributed by atoms with E-state index in [1.807, 2.05) is 13.8 Å². The highest BCUT2D eigenvalue weighted by atomic mass is 35.5. The van der Waals surface area contributed by atoms with Crippen molar-refractivity contribution in [3.63, 3.8) is 0 Å². The van der Waals surface area contributed by atoms with Gasteiger partial charge in [0.1, 0.15) is 17.9 Å². The van der Waals surface area contributed by atoms with E-state index in [-0.39, 0.29) is 10.9 Å². The molecule has 2 aromatic rings. The normalized spacial score (nSPS) is 18.0. The molecule has 1 aromatic carbocycles. The Labute approximate surface area is 173 Å². The van der Waals surface area contributed by atoms with E-state index in [1.165, 1.54) is 19.2 Å². The fourth-order valence-electron chi connectivity index (χ4n) is 3.53. The highest BCUT2D eigenvalue weighted by molar-refractivity contribution is 6.30. The van der Waals surface area contributed by atoms with Gasteiger partial charge in [-0.05, 0) is 23.6 Å². The summed E-state index contributed by atoms with van der Waals surface area (Å²) in [5.74, 6) is -1.13. The van der Waals surface area contributed by atoms with E-state index in [0.29, 0.717) is 30.6 Å². The van der Waals surface area contributed by atoms with E-state index < -0.39 is 29.9 Å². The van der Waals surface area contributed by atoms with E-state index in [2.05, 4.69) is 15.3 Å². The van der Waals surface area contributed by atoms with E-state index in [4.69, 9.17) is 16.3 Å². The summed E-state index contributed by atoms with van der Waals surface area (Å²) in [6.45, 7) is 4.21. The van der Waals surface area contributed by atoms with Crippen molar-refractivity contribution in [2.75, 3.05) is 13.7 Å². The first-order valence-corrected chi connectivity index (χ1v) is 9.87. The van der Waals surface area contributed by atoms with Gasteiger partial charge in [0.15, 0.2) is 0 Å². The lowest BCUT2D eigenvalue weighted by atomic mass is 9.95. The molecule has 2 heterocycles. The predicted octanol–water partition coefficient (Wildman–Crippen LogP) is 3.45. The van der Waals surface area contributed by atoms with Crippen LogP contribution in [0, 0.1) is 11.7 Å². The molecule has 0 saturated carbocycles. The molecule has 29 heavy (non-hydrogen) atoms. The molecule has 3 atom stereocenters. The van der Waals surface area contributed by atoms with Gasteiger partial charge in [-0.15, -0.1) is 0 Å². The number of aromatic nitrogens is 2. The third-order valence-corrected chi connectivity index (χ3v) is 5.68. The van der Waals surface area contributed by atoms with Crippen molar-refractivity contribution in [3.05, 3.63) is 52.3 Å². The number of nitrogens with one attached hydrogen (secondary N) is 2.